The summed E-state index contributed by atoms with van der Waals surface area (Å²) in [6.45, 7) is 5.42. The molecule has 2 fully saturated rings. The Hall–Kier alpha value is -3.42. The van der Waals surface area contributed by atoms with E-state index < -0.39 is 0 Å². The fraction of sp³-hybridized carbons (Fsp3) is 0.417. The minimum absolute atomic E-state index is 0.0339. The first-order chi connectivity index (χ1) is 15.5. The molecule has 8 heteroatoms. The Kier molecular flexibility index (Phi) is 5.28. The Morgan fingerprint density at radius 2 is 1.91 bits per heavy atom. The van der Waals surface area contributed by atoms with E-state index in [4.69, 9.17) is 4.74 Å². The normalized spacial score (nSPS) is 19.6. The van der Waals surface area contributed by atoms with Crippen molar-refractivity contribution in [1.82, 2.24) is 24.4 Å². The zero-order chi connectivity index (χ0) is 22.2. The fourth-order valence-corrected chi connectivity index (χ4v) is 4.85. The van der Waals surface area contributed by atoms with Crippen molar-refractivity contribution in [1.29, 1.82) is 0 Å². The Bertz CT molecular complexity index is 1150. The Morgan fingerprint density at radius 1 is 1.16 bits per heavy atom. The molecule has 0 N–H and O–H groups in total. The summed E-state index contributed by atoms with van der Waals surface area (Å²) in [7, 11) is 0. The van der Waals surface area contributed by atoms with E-state index in [1.54, 1.807) is 10.7 Å². The number of likely N-dealkylation sites (tertiary alicyclic amines) is 1. The van der Waals surface area contributed by atoms with Gasteiger partial charge in [0.05, 0.1) is 23.0 Å². The summed E-state index contributed by atoms with van der Waals surface area (Å²) in [5.41, 5.74) is 4.17. The molecule has 1 atom stereocenters. The molecule has 0 unspecified atom stereocenters. The molecule has 0 bridgehead atoms. The second-order valence-corrected chi connectivity index (χ2v) is 8.66. The molecule has 2 aliphatic heterocycles. The summed E-state index contributed by atoms with van der Waals surface area (Å²) in [6, 6.07) is 12.2. The van der Waals surface area contributed by atoms with Crippen LogP contribution in [0.1, 0.15) is 40.2 Å². The van der Waals surface area contributed by atoms with Crippen molar-refractivity contribution in [3.05, 3.63) is 65.1 Å². The van der Waals surface area contributed by atoms with Crippen LogP contribution in [-0.4, -0.2) is 68.2 Å². The largest absolute Gasteiger partial charge is 0.447 e. The molecule has 0 saturated carbocycles. The quantitative estimate of drug-likeness (QED) is 0.632. The molecular formula is C24H27N5O3. The van der Waals surface area contributed by atoms with Crippen LogP contribution in [0.4, 0.5) is 4.79 Å². The molecule has 2 saturated heterocycles. The van der Waals surface area contributed by atoms with E-state index in [1.807, 2.05) is 47.9 Å². The number of hydrogen-bond acceptors (Lipinski definition) is 5. The van der Waals surface area contributed by atoms with E-state index in [0.717, 1.165) is 36.3 Å². The molecule has 2 aromatic heterocycles. The molecule has 166 valence electrons. The summed E-state index contributed by atoms with van der Waals surface area (Å²) in [4.78, 5) is 33.9. The number of carbonyl (C=O) groups is 2. The van der Waals surface area contributed by atoms with Crippen molar-refractivity contribution < 1.29 is 14.3 Å². The van der Waals surface area contributed by atoms with Crippen molar-refractivity contribution in [2.24, 2.45) is 0 Å². The molecule has 4 heterocycles. The van der Waals surface area contributed by atoms with Crippen molar-refractivity contribution in [3.63, 3.8) is 0 Å². The zero-order valence-electron chi connectivity index (χ0n) is 18.4. The predicted molar refractivity (Wildman–Crippen MR) is 119 cm³/mol. The number of ether oxygens (including phenoxy) is 1. The third-order valence-corrected chi connectivity index (χ3v) is 6.54. The van der Waals surface area contributed by atoms with Crippen molar-refractivity contribution in [2.45, 2.75) is 45.2 Å². The van der Waals surface area contributed by atoms with Crippen LogP contribution >= 0.6 is 0 Å². The molecule has 2 amide bonds. The monoisotopic (exact) mass is 433 g/mol. The van der Waals surface area contributed by atoms with Gasteiger partial charge in [-0.25, -0.2) is 14.3 Å². The Balaban J connectivity index is 1.27. The van der Waals surface area contributed by atoms with Gasteiger partial charge in [0.1, 0.15) is 6.61 Å². The summed E-state index contributed by atoms with van der Waals surface area (Å²) in [5.74, 6) is -0.0339. The molecule has 2 aliphatic rings. The molecule has 0 aliphatic carbocycles. The number of carbonyl (C=O) groups excluding carboxylic acids is 2. The summed E-state index contributed by atoms with van der Waals surface area (Å²) in [6.07, 6.45) is 3.66. The number of aryl methyl sites for hydroxylation is 2. The lowest BCUT2D eigenvalue weighted by Crippen LogP contribution is -2.50. The van der Waals surface area contributed by atoms with Crippen LogP contribution in [0.5, 0.6) is 0 Å². The number of rotatable bonds is 4. The standard InChI is InChI=1S/C24H27N5O3/c1-16-12-22-25-14-21(17(2)29(22)26-16)23(30)27-10-8-19(9-11-27)28-20(15-32-24(28)31)13-18-6-4-3-5-7-18/h3-7,12,14,19-20H,8-11,13,15H2,1-2H3/t20-/m1/s1. The molecule has 8 nitrogen and oxygen atoms in total. The minimum Gasteiger partial charge on any atom is -0.447 e. The molecule has 32 heavy (non-hydrogen) atoms. The van der Waals surface area contributed by atoms with Crippen LogP contribution in [0.25, 0.3) is 5.65 Å². The van der Waals surface area contributed by atoms with Gasteiger partial charge in [0.25, 0.3) is 5.91 Å². The third-order valence-electron chi connectivity index (χ3n) is 6.54. The highest BCUT2D eigenvalue weighted by atomic mass is 16.6. The van der Waals surface area contributed by atoms with Crippen molar-refractivity contribution >= 4 is 17.6 Å². The second-order valence-electron chi connectivity index (χ2n) is 8.66. The fourth-order valence-electron chi connectivity index (χ4n) is 4.85. The molecule has 1 aromatic carbocycles. The lowest BCUT2D eigenvalue weighted by molar-refractivity contribution is 0.0635. The highest BCUT2D eigenvalue weighted by Crippen LogP contribution is 2.27. The van der Waals surface area contributed by atoms with Gasteiger partial charge in [-0.1, -0.05) is 30.3 Å². The number of nitrogens with zero attached hydrogens (tertiary/aromatic N) is 5. The predicted octanol–water partition coefficient (Wildman–Crippen LogP) is 3.01. The van der Waals surface area contributed by atoms with Gasteiger partial charge in [0, 0.05) is 31.4 Å². The van der Waals surface area contributed by atoms with Crippen LogP contribution < -0.4 is 0 Å². The molecule has 3 aromatic rings. The first-order valence-corrected chi connectivity index (χ1v) is 11.1. The van der Waals surface area contributed by atoms with Gasteiger partial charge in [-0.15, -0.1) is 0 Å². The van der Waals surface area contributed by atoms with Crippen LogP contribution in [0, 0.1) is 13.8 Å². The first-order valence-electron chi connectivity index (χ1n) is 11.1. The molecule has 0 radical (unpaired) electrons. The maximum atomic E-state index is 13.2. The topological polar surface area (TPSA) is 80.0 Å². The van der Waals surface area contributed by atoms with Gasteiger partial charge >= 0.3 is 6.09 Å². The van der Waals surface area contributed by atoms with E-state index in [-0.39, 0.29) is 24.1 Å². The Morgan fingerprint density at radius 3 is 2.66 bits per heavy atom. The summed E-state index contributed by atoms with van der Waals surface area (Å²) >= 11 is 0. The molecule has 0 spiro atoms. The third kappa shape index (κ3) is 3.70. The molecular weight excluding hydrogens is 406 g/mol. The van der Waals surface area contributed by atoms with Crippen LogP contribution in [-0.2, 0) is 11.2 Å². The number of aromatic nitrogens is 3. The van der Waals surface area contributed by atoms with Crippen LogP contribution in [0.2, 0.25) is 0 Å². The van der Waals surface area contributed by atoms with Gasteiger partial charge in [0.2, 0.25) is 0 Å². The number of amides is 2. The summed E-state index contributed by atoms with van der Waals surface area (Å²) in [5, 5.41) is 4.44. The Labute approximate surface area is 186 Å². The number of fused-ring (bicyclic) bond motifs is 1. The lowest BCUT2D eigenvalue weighted by atomic mass is 9.98. The minimum atomic E-state index is -0.241. The van der Waals surface area contributed by atoms with Crippen LogP contribution in [0.3, 0.4) is 0 Å². The first kappa shape index (κ1) is 20.5. The highest BCUT2D eigenvalue weighted by Gasteiger charge is 2.40. The maximum absolute atomic E-state index is 13.2. The average Bonchev–Trinajstić information content (AvgIpc) is 3.36. The SMILES string of the molecule is Cc1cc2ncc(C(=O)N3CCC(N4C(=O)OC[C@H]4Cc4ccccc4)CC3)c(C)n2n1. The van der Waals surface area contributed by atoms with E-state index in [2.05, 4.69) is 22.2 Å². The number of cyclic esters (lactones) is 1. The van der Waals surface area contributed by atoms with Crippen LogP contribution in [0.15, 0.2) is 42.6 Å². The number of piperidine rings is 1. The summed E-state index contributed by atoms with van der Waals surface area (Å²) < 4.78 is 7.12. The van der Waals surface area contributed by atoms with Gasteiger partial charge < -0.3 is 9.64 Å². The van der Waals surface area contributed by atoms with Gasteiger partial charge in [-0.2, -0.15) is 5.10 Å². The number of hydrogen-bond donors (Lipinski definition) is 0. The van der Waals surface area contributed by atoms with E-state index in [9.17, 15) is 9.59 Å². The van der Waals surface area contributed by atoms with Gasteiger partial charge in [-0.05, 0) is 38.7 Å². The van der Waals surface area contributed by atoms with Crippen molar-refractivity contribution in [2.75, 3.05) is 19.7 Å². The second kappa shape index (κ2) is 8.26. The van der Waals surface area contributed by atoms with E-state index in [1.165, 1.54) is 5.56 Å². The van der Waals surface area contributed by atoms with Gasteiger partial charge in [-0.3, -0.25) is 9.69 Å². The van der Waals surface area contributed by atoms with Crippen molar-refractivity contribution in [3.8, 4) is 0 Å². The number of benzene rings is 1. The molecule has 5 rings (SSSR count). The van der Waals surface area contributed by atoms with E-state index in [0.29, 0.717) is 25.3 Å². The smallest absolute Gasteiger partial charge is 0.410 e. The lowest BCUT2D eigenvalue weighted by Gasteiger charge is -2.38. The highest BCUT2D eigenvalue weighted by molar-refractivity contribution is 5.95. The zero-order valence-corrected chi connectivity index (χ0v) is 18.4. The van der Waals surface area contributed by atoms with Gasteiger partial charge in [0.15, 0.2) is 5.65 Å². The average molecular weight is 434 g/mol. The van der Waals surface area contributed by atoms with E-state index >= 15 is 0 Å². The maximum Gasteiger partial charge on any atom is 0.410 e.